The Labute approximate surface area is 101 Å². The van der Waals surface area contributed by atoms with Crippen LogP contribution in [0.5, 0.6) is 0 Å². The van der Waals surface area contributed by atoms with E-state index in [0.29, 0.717) is 12.6 Å². The molecule has 1 aromatic heterocycles. The first-order valence-electron chi connectivity index (χ1n) is 5.87. The van der Waals surface area contributed by atoms with Crippen LogP contribution in [0, 0.1) is 6.92 Å². The van der Waals surface area contributed by atoms with Crippen molar-refractivity contribution in [3.05, 3.63) is 21.9 Å². The highest BCUT2D eigenvalue weighted by molar-refractivity contribution is 7.08. The number of hydrogen-bond acceptors (Lipinski definition) is 4. The molecule has 0 amide bonds. The highest BCUT2D eigenvalue weighted by Gasteiger charge is 2.23. The first-order chi connectivity index (χ1) is 7.79. The zero-order chi connectivity index (χ0) is 11.4. The molecule has 1 aliphatic rings. The molecule has 2 heterocycles. The number of nitrogens with two attached hydrogens (primary N) is 1. The first kappa shape index (κ1) is 12.0. The summed E-state index contributed by atoms with van der Waals surface area (Å²) in [6, 6.07) is 0. The lowest BCUT2D eigenvalue weighted by Crippen LogP contribution is -2.28. The Hall–Kier alpha value is -0.420. The number of thiophene rings is 1. The molecule has 2 atom stereocenters. The molecule has 0 radical (unpaired) electrons. The molecule has 0 spiro atoms. The van der Waals surface area contributed by atoms with Crippen LogP contribution in [0.15, 0.2) is 10.8 Å². The van der Waals surface area contributed by atoms with Crippen molar-refractivity contribution in [1.29, 1.82) is 0 Å². The quantitative estimate of drug-likeness (QED) is 0.823. The molecule has 1 fully saturated rings. The minimum Gasteiger partial charge on any atom is -0.372 e. The van der Waals surface area contributed by atoms with Crippen LogP contribution in [0.3, 0.4) is 0 Å². The molecular weight excluding hydrogens is 220 g/mol. The lowest BCUT2D eigenvalue weighted by Gasteiger charge is -2.13. The van der Waals surface area contributed by atoms with Crippen LogP contribution in [0.2, 0.25) is 0 Å². The number of ether oxygens (including phenoxy) is 1. The summed E-state index contributed by atoms with van der Waals surface area (Å²) < 4.78 is 5.78. The van der Waals surface area contributed by atoms with Crippen molar-refractivity contribution in [3.8, 4) is 0 Å². The fourth-order valence-electron chi connectivity index (χ4n) is 2.04. The molecule has 0 aliphatic carbocycles. The minimum atomic E-state index is 0.287. The Balaban J connectivity index is 1.67. The fourth-order valence-corrected chi connectivity index (χ4v) is 2.90. The van der Waals surface area contributed by atoms with E-state index in [9.17, 15) is 0 Å². The molecule has 3 N–H and O–H groups in total. The molecule has 3 nitrogen and oxygen atoms in total. The van der Waals surface area contributed by atoms with Gasteiger partial charge in [-0.1, -0.05) is 0 Å². The second kappa shape index (κ2) is 5.77. The summed E-state index contributed by atoms with van der Waals surface area (Å²) >= 11 is 1.77. The summed E-state index contributed by atoms with van der Waals surface area (Å²) in [5.41, 5.74) is 8.36. The monoisotopic (exact) mass is 240 g/mol. The van der Waals surface area contributed by atoms with Gasteiger partial charge in [0.1, 0.15) is 0 Å². The number of nitrogens with one attached hydrogen (secondary N) is 1. The van der Waals surface area contributed by atoms with Crippen molar-refractivity contribution in [2.75, 3.05) is 13.1 Å². The molecule has 90 valence electrons. The van der Waals surface area contributed by atoms with Crippen LogP contribution < -0.4 is 11.1 Å². The van der Waals surface area contributed by atoms with Crippen LogP contribution in [0.25, 0.3) is 0 Å². The van der Waals surface area contributed by atoms with Crippen LogP contribution in [0.4, 0.5) is 0 Å². The van der Waals surface area contributed by atoms with Crippen molar-refractivity contribution in [2.24, 2.45) is 5.73 Å². The van der Waals surface area contributed by atoms with E-state index in [1.54, 1.807) is 11.3 Å². The summed E-state index contributed by atoms with van der Waals surface area (Å²) in [5.74, 6) is 0. The maximum absolute atomic E-state index is 5.78. The lowest BCUT2D eigenvalue weighted by molar-refractivity contribution is 0.0503. The largest absolute Gasteiger partial charge is 0.372 e. The average molecular weight is 240 g/mol. The van der Waals surface area contributed by atoms with Gasteiger partial charge in [-0.15, -0.1) is 0 Å². The zero-order valence-corrected chi connectivity index (χ0v) is 10.6. The standard InChI is InChI=1S/C12H20N2OS/c1-9-7-16-8-10(9)5-14-6-12-3-2-11(4-13)15-12/h7-8,11-12,14H,2-6,13H2,1H3. The Morgan fingerprint density at radius 2 is 2.25 bits per heavy atom. The normalized spacial score (nSPS) is 25.1. The van der Waals surface area contributed by atoms with Gasteiger partial charge in [0.2, 0.25) is 0 Å². The molecule has 2 unspecified atom stereocenters. The van der Waals surface area contributed by atoms with E-state index in [0.717, 1.165) is 25.9 Å². The molecule has 4 heteroatoms. The third-order valence-corrected chi connectivity index (χ3v) is 4.02. The Morgan fingerprint density at radius 3 is 2.88 bits per heavy atom. The second-order valence-corrected chi connectivity index (χ2v) is 5.15. The van der Waals surface area contributed by atoms with E-state index in [1.165, 1.54) is 11.1 Å². The SMILES string of the molecule is Cc1cscc1CNCC1CCC(CN)O1. The van der Waals surface area contributed by atoms with Gasteiger partial charge in [0.15, 0.2) is 0 Å². The fraction of sp³-hybridized carbons (Fsp3) is 0.667. The van der Waals surface area contributed by atoms with Gasteiger partial charge in [-0.2, -0.15) is 11.3 Å². The Kier molecular flexibility index (Phi) is 4.35. The molecular formula is C12H20N2OS. The molecule has 0 saturated carbocycles. The molecule has 0 bridgehead atoms. The van der Waals surface area contributed by atoms with E-state index in [1.807, 2.05) is 0 Å². The van der Waals surface area contributed by atoms with Gasteiger partial charge in [0.05, 0.1) is 12.2 Å². The van der Waals surface area contributed by atoms with E-state index >= 15 is 0 Å². The van der Waals surface area contributed by atoms with Crippen molar-refractivity contribution in [2.45, 2.75) is 38.5 Å². The van der Waals surface area contributed by atoms with Gasteiger partial charge >= 0.3 is 0 Å². The van der Waals surface area contributed by atoms with Gasteiger partial charge < -0.3 is 15.8 Å². The third-order valence-electron chi connectivity index (χ3n) is 3.11. The first-order valence-corrected chi connectivity index (χ1v) is 6.81. The third kappa shape index (κ3) is 3.04. The Morgan fingerprint density at radius 1 is 1.44 bits per heavy atom. The molecule has 16 heavy (non-hydrogen) atoms. The number of rotatable bonds is 5. The summed E-state index contributed by atoms with van der Waals surface area (Å²) in [7, 11) is 0. The zero-order valence-electron chi connectivity index (χ0n) is 9.74. The molecule has 1 saturated heterocycles. The van der Waals surface area contributed by atoms with E-state index in [4.69, 9.17) is 10.5 Å². The smallest absolute Gasteiger partial charge is 0.0704 e. The van der Waals surface area contributed by atoms with Crippen molar-refractivity contribution in [1.82, 2.24) is 5.32 Å². The minimum absolute atomic E-state index is 0.287. The predicted molar refractivity (Wildman–Crippen MR) is 67.7 cm³/mol. The lowest BCUT2D eigenvalue weighted by atomic mass is 10.2. The molecule has 0 aromatic carbocycles. The van der Waals surface area contributed by atoms with E-state index in [2.05, 4.69) is 23.0 Å². The van der Waals surface area contributed by atoms with Crippen molar-refractivity contribution >= 4 is 11.3 Å². The van der Waals surface area contributed by atoms with Gasteiger partial charge in [-0.25, -0.2) is 0 Å². The molecule has 1 aromatic rings. The van der Waals surface area contributed by atoms with E-state index in [-0.39, 0.29) is 6.10 Å². The van der Waals surface area contributed by atoms with Crippen LogP contribution >= 0.6 is 11.3 Å². The van der Waals surface area contributed by atoms with Crippen LogP contribution in [-0.2, 0) is 11.3 Å². The van der Waals surface area contributed by atoms with Gasteiger partial charge in [-0.3, -0.25) is 0 Å². The van der Waals surface area contributed by atoms with Crippen molar-refractivity contribution < 1.29 is 4.74 Å². The maximum atomic E-state index is 5.78. The summed E-state index contributed by atoms with van der Waals surface area (Å²) in [4.78, 5) is 0. The van der Waals surface area contributed by atoms with Crippen LogP contribution in [-0.4, -0.2) is 25.3 Å². The van der Waals surface area contributed by atoms with Gasteiger partial charge in [0.25, 0.3) is 0 Å². The Bertz CT molecular complexity index is 327. The summed E-state index contributed by atoms with van der Waals surface area (Å²) in [6.07, 6.45) is 2.89. The predicted octanol–water partition coefficient (Wildman–Crippen LogP) is 1.65. The van der Waals surface area contributed by atoms with Gasteiger partial charge in [-0.05, 0) is 41.7 Å². The average Bonchev–Trinajstić information content (AvgIpc) is 2.89. The second-order valence-electron chi connectivity index (χ2n) is 4.40. The maximum Gasteiger partial charge on any atom is 0.0704 e. The summed E-state index contributed by atoms with van der Waals surface area (Å²) in [5, 5.41) is 7.85. The highest BCUT2D eigenvalue weighted by atomic mass is 32.1. The van der Waals surface area contributed by atoms with E-state index < -0.39 is 0 Å². The summed E-state index contributed by atoms with van der Waals surface area (Å²) in [6.45, 7) is 4.69. The van der Waals surface area contributed by atoms with Crippen LogP contribution in [0.1, 0.15) is 24.0 Å². The molecule has 2 rings (SSSR count). The number of aryl methyl sites for hydroxylation is 1. The number of hydrogen-bond donors (Lipinski definition) is 2. The topological polar surface area (TPSA) is 47.3 Å². The van der Waals surface area contributed by atoms with Gasteiger partial charge in [0, 0.05) is 19.6 Å². The molecule has 1 aliphatic heterocycles. The highest BCUT2D eigenvalue weighted by Crippen LogP contribution is 2.18. The van der Waals surface area contributed by atoms with Crippen molar-refractivity contribution in [3.63, 3.8) is 0 Å².